The number of nitrogens with one attached hydrogen (secondary N) is 2. The van der Waals surface area contributed by atoms with Crippen LogP contribution in [0.2, 0.25) is 5.02 Å². The Bertz CT molecular complexity index is 1000. The molecule has 0 atom stereocenters. The monoisotopic (exact) mass is 412 g/mol. The zero-order chi connectivity index (χ0) is 20.2. The Hall–Kier alpha value is -3.20. The van der Waals surface area contributed by atoms with E-state index < -0.39 is 5.91 Å². The molecule has 1 amide bonds. The maximum absolute atomic E-state index is 11.9. The highest BCUT2D eigenvalue weighted by Gasteiger charge is 2.18. The summed E-state index contributed by atoms with van der Waals surface area (Å²) in [6.07, 6.45) is 10.4. The van der Waals surface area contributed by atoms with Crippen molar-refractivity contribution in [2.45, 2.75) is 38.1 Å². The Morgan fingerprint density at radius 1 is 1.17 bits per heavy atom. The molecule has 0 aliphatic heterocycles. The van der Waals surface area contributed by atoms with E-state index in [9.17, 15) is 4.79 Å². The van der Waals surface area contributed by atoms with Gasteiger partial charge < -0.3 is 16.4 Å². The van der Waals surface area contributed by atoms with E-state index in [0.717, 1.165) is 12.8 Å². The first-order valence-electron chi connectivity index (χ1n) is 9.47. The number of anilines is 3. The summed E-state index contributed by atoms with van der Waals surface area (Å²) in [5.74, 6) is 0.112. The summed E-state index contributed by atoms with van der Waals surface area (Å²) in [6, 6.07) is 5.60. The molecule has 9 nitrogen and oxygen atoms in total. The van der Waals surface area contributed by atoms with Crippen molar-refractivity contribution in [1.29, 1.82) is 0 Å². The second-order valence-electron chi connectivity index (χ2n) is 6.91. The quantitative estimate of drug-likeness (QED) is 0.567. The van der Waals surface area contributed by atoms with Crippen molar-refractivity contribution < 1.29 is 4.79 Å². The van der Waals surface area contributed by atoms with Gasteiger partial charge >= 0.3 is 0 Å². The summed E-state index contributed by atoms with van der Waals surface area (Å²) in [6.45, 7) is 0. The number of rotatable bonds is 6. The molecule has 4 N–H and O–H groups in total. The Kier molecular flexibility index (Phi) is 5.57. The van der Waals surface area contributed by atoms with Crippen LogP contribution in [0.5, 0.6) is 0 Å². The van der Waals surface area contributed by atoms with E-state index in [2.05, 4.69) is 30.8 Å². The zero-order valence-corrected chi connectivity index (χ0v) is 16.4. The average Bonchev–Trinajstić information content (AvgIpc) is 3.25. The second kappa shape index (κ2) is 8.44. The van der Waals surface area contributed by atoms with Gasteiger partial charge in [0.25, 0.3) is 5.91 Å². The van der Waals surface area contributed by atoms with Gasteiger partial charge in [-0.1, -0.05) is 30.9 Å². The minimum atomic E-state index is -0.627. The smallest absolute Gasteiger partial charge is 0.254 e. The van der Waals surface area contributed by atoms with E-state index in [-0.39, 0.29) is 5.56 Å². The molecule has 1 aromatic carbocycles. The SMILES string of the molecule is NC(=O)c1cnc(NC2CCCCC2)nc1Nc1cc(-n2nccn2)ccc1Cl. The highest BCUT2D eigenvalue weighted by molar-refractivity contribution is 6.33. The molecule has 150 valence electrons. The predicted molar refractivity (Wildman–Crippen MR) is 111 cm³/mol. The molecule has 10 heteroatoms. The summed E-state index contributed by atoms with van der Waals surface area (Å²) in [7, 11) is 0. The van der Waals surface area contributed by atoms with Crippen LogP contribution in [0.1, 0.15) is 42.5 Å². The lowest BCUT2D eigenvalue weighted by Gasteiger charge is -2.23. The van der Waals surface area contributed by atoms with E-state index in [1.807, 2.05) is 0 Å². The van der Waals surface area contributed by atoms with Crippen molar-refractivity contribution in [3.05, 3.63) is 47.4 Å². The van der Waals surface area contributed by atoms with Gasteiger partial charge in [-0.05, 0) is 31.0 Å². The molecular formula is C19H21ClN8O. The third kappa shape index (κ3) is 4.45. The molecule has 1 fully saturated rings. The molecule has 0 radical (unpaired) electrons. The van der Waals surface area contributed by atoms with Crippen LogP contribution in [0, 0.1) is 0 Å². The predicted octanol–water partition coefficient (Wildman–Crippen LogP) is 3.30. The number of nitrogens with two attached hydrogens (primary N) is 1. The average molecular weight is 413 g/mol. The van der Waals surface area contributed by atoms with Crippen LogP contribution in [-0.2, 0) is 0 Å². The summed E-state index contributed by atoms with van der Waals surface area (Å²) in [5.41, 5.74) is 6.94. The third-order valence-corrected chi connectivity index (χ3v) is 5.17. The molecular weight excluding hydrogens is 392 g/mol. The van der Waals surface area contributed by atoms with Gasteiger partial charge in [-0.25, -0.2) is 4.98 Å². The molecule has 29 heavy (non-hydrogen) atoms. The van der Waals surface area contributed by atoms with E-state index >= 15 is 0 Å². The van der Waals surface area contributed by atoms with Crippen LogP contribution in [0.4, 0.5) is 17.5 Å². The van der Waals surface area contributed by atoms with Gasteiger partial charge in [-0.15, -0.1) is 0 Å². The van der Waals surface area contributed by atoms with Crippen LogP contribution < -0.4 is 16.4 Å². The lowest BCUT2D eigenvalue weighted by atomic mass is 9.96. The molecule has 2 aromatic heterocycles. The van der Waals surface area contributed by atoms with Gasteiger partial charge in [0.15, 0.2) is 0 Å². The molecule has 0 saturated heterocycles. The number of carbonyl (C=O) groups excluding carboxylic acids is 1. The first-order chi connectivity index (χ1) is 14.1. The number of primary amides is 1. The van der Waals surface area contributed by atoms with Crippen molar-refractivity contribution in [3.63, 3.8) is 0 Å². The van der Waals surface area contributed by atoms with E-state index in [1.54, 1.807) is 30.6 Å². The third-order valence-electron chi connectivity index (χ3n) is 4.85. The van der Waals surface area contributed by atoms with Crippen LogP contribution in [0.3, 0.4) is 0 Å². The molecule has 1 saturated carbocycles. The first-order valence-corrected chi connectivity index (χ1v) is 9.84. The summed E-state index contributed by atoms with van der Waals surface area (Å²) >= 11 is 6.35. The minimum Gasteiger partial charge on any atom is -0.365 e. The lowest BCUT2D eigenvalue weighted by Crippen LogP contribution is -2.24. The van der Waals surface area contributed by atoms with Crippen molar-refractivity contribution >= 4 is 35.0 Å². The second-order valence-corrected chi connectivity index (χ2v) is 7.31. The standard InChI is InChI=1S/C19H21ClN8O/c20-15-7-6-13(28-23-8-9-24-28)10-16(15)26-18-14(17(21)29)11-22-19(27-18)25-12-4-2-1-3-5-12/h6-12H,1-5H2,(H2,21,29)(H2,22,25,26,27). The van der Waals surface area contributed by atoms with Crippen LogP contribution in [0.15, 0.2) is 36.8 Å². The lowest BCUT2D eigenvalue weighted by molar-refractivity contribution is 0.100. The molecule has 0 unspecified atom stereocenters. The number of carbonyl (C=O) groups is 1. The fourth-order valence-corrected chi connectivity index (χ4v) is 3.53. The Morgan fingerprint density at radius 3 is 2.66 bits per heavy atom. The highest BCUT2D eigenvalue weighted by Crippen LogP contribution is 2.29. The van der Waals surface area contributed by atoms with E-state index in [0.29, 0.717) is 34.2 Å². The Balaban J connectivity index is 1.63. The number of benzene rings is 1. The molecule has 2 heterocycles. The maximum Gasteiger partial charge on any atom is 0.254 e. The molecule has 1 aliphatic carbocycles. The van der Waals surface area contributed by atoms with Gasteiger partial charge in [0.1, 0.15) is 11.4 Å². The van der Waals surface area contributed by atoms with Crippen molar-refractivity contribution in [2.24, 2.45) is 5.73 Å². The van der Waals surface area contributed by atoms with Gasteiger partial charge in [0.2, 0.25) is 5.95 Å². The van der Waals surface area contributed by atoms with Crippen molar-refractivity contribution in [2.75, 3.05) is 10.6 Å². The van der Waals surface area contributed by atoms with E-state index in [1.165, 1.54) is 30.3 Å². The molecule has 1 aliphatic rings. The molecule has 3 aromatic rings. The summed E-state index contributed by atoms with van der Waals surface area (Å²) < 4.78 is 0. The minimum absolute atomic E-state index is 0.179. The first kappa shape index (κ1) is 19.1. The van der Waals surface area contributed by atoms with Crippen LogP contribution in [0.25, 0.3) is 5.69 Å². The summed E-state index contributed by atoms with van der Waals surface area (Å²) in [5, 5.41) is 15.1. The maximum atomic E-state index is 11.9. The number of amides is 1. The number of hydrogen-bond donors (Lipinski definition) is 3. The van der Waals surface area contributed by atoms with Crippen molar-refractivity contribution in [3.8, 4) is 5.69 Å². The molecule has 0 spiro atoms. The number of nitrogens with zero attached hydrogens (tertiary/aromatic N) is 5. The zero-order valence-electron chi connectivity index (χ0n) is 15.7. The van der Waals surface area contributed by atoms with Crippen molar-refractivity contribution in [1.82, 2.24) is 25.0 Å². The van der Waals surface area contributed by atoms with Gasteiger partial charge in [-0.2, -0.15) is 20.0 Å². The Morgan fingerprint density at radius 2 is 1.93 bits per heavy atom. The van der Waals surface area contributed by atoms with Crippen LogP contribution >= 0.6 is 11.6 Å². The van der Waals surface area contributed by atoms with Gasteiger partial charge in [0, 0.05) is 12.2 Å². The topological polar surface area (TPSA) is 124 Å². The largest absolute Gasteiger partial charge is 0.365 e. The molecule has 0 bridgehead atoms. The fourth-order valence-electron chi connectivity index (χ4n) is 3.37. The van der Waals surface area contributed by atoms with Crippen LogP contribution in [-0.4, -0.2) is 36.9 Å². The number of aromatic nitrogens is 5. The van der Waals surface area contributed by atoms with E-state index in [4.69, 9.17) is 17.3 Å². The van der Waals surface area contributed by atoms with Gasteiger partial charge in [-0.3, -0.25) is 4.79 Å². The normalized spacial score (nSPS) is 14.5. The number of halogens is 1. The summed E-state index contributed by atoms with van der Waals surface area (Å²) in [4.78, 5) is 22.1. The Labute approximate surface area is 172 Å². The number of hydrogen-bond acceptors (Lipinski definition) is 7. The van der Waals surface area contributed by atoms with Gasteiger partial charge in [0.05, 0.1) is 28.8 Å². The highest BCUT2D eigenvalue weighted by atomic mass is 35.5. The molecule has 4 rings (SSSR count). The fraction of sp³-hybridized carbons (Fsp3) is 0.316.